The monoisotopic (exact) mass is 640 g/mol. The van der Waals surface area contributed by atoms with Crippen molar-refractivity contribution in [2.45, 2.75) is 95.1 Å². The average Bonchev–Trinajstić information content (AvgIpc) is 3.90. The molecule has 1 aromatic carbocycles. The summed E-state index contributed by atoms with van der Waals surface area (Å²) in [6, 6.07) is 6.50. The number of rotatable bonds is 13. The van der Waals surface area contributed by atoms with E-state index >= 15 is 0 Å². The van der Waals surface area contributed by atoms with Crippen LogP contribution in [0.25, 0.3) is 10.8 Å². The molecule has 2 saturated carbocycles. The summed E-state index contributed by atoms with van der Waals surface area (Å²) < 4.78 is 39.3. The third-order valence-electron chi connectivity index (χ3n) is 9.30. The quantitative estimate of drug-likeness (QED) is 0.314. The zero-order valence-corrected chi connectivity index (χ0v) is 27.5. The fourth-order valence-electron chi connectivity index (χ4n) is 6.24. The molecule has 11 nitrogen and oxygen atoms in total. The van der Waals surface area contributed by atoms with Gasteiger partial charge in [0.2, 0.25) is 27.7 Å². The molecule has 2 N–H and O–H groups in total. The Balaban J connectivity index is 1.38. The molecule has 5 rings (SSSR count). The van der Waals surface area contributed by atoms with Gasteiger partial charge >= 0.3 is 0 Å². The maximum atomic E-state index is 14.0. The van der Waals surface area contributed by atoms with Gasteiger partial charge in [-0.05, 0) is 67.7 Å². The third kappa shape index (κ3) is 6.52. The largest absolute Gasteiger partial charge is 0.497 e. The number of nitrogens with zero attached hydrogens (tertiary/aromatic N) is 2. The molecule has 45 heavy (non-hydrogen) atoms. The van der Waals surface area contributed by atoms with Crippen molar-refractivity contribution < 1.29 is 32.3 Å². The third-order valence-corrected chi connectivity index (χ3v) is 11.6. The highest BCUT2D eigenvalue weighted by Gasteiger charge is 2.63. The lowest BCUT2D eigenvalue weighted by molar-refractivity contribution is -0.140. The highest BCUT2D eigenvalue weighted by Crippen LogP contribution is 2.48. The number of nitrogens with one attached hydrogen (secondary N) is 2. The van der Waals surface area contributed by atoms with Gasteiger partial charge in [0.1, 0.15) is 23.4 Å². The van der Waals surface area contributed by atoms with Gasteiger partial charge in [-0.15, -0.1) is 0 Å². The minimum Gasteiger partial charge on any atom is -0.497 e. The maximum absolute atomic E-state index is 14.0. The number of aromatic nitrogens is 1. The molecule has 244 valence electrons. The number of likely N-dealkylation sites (tertiary alicyclic amines) is 1. The van der Waals surface area contributed by atoms with Crippen LogP contribution in [-0.2, 0) is 24.4 Å². The summed E-state index contributed by atoms with van der Waals surface area (Å²) in [5.74, 6) is -0.646. The summed E-state index contributed by atoms with van der Waals surface area (Å²) >= 11 is 0. The van der Waals surface area contributed by atoms with E-state index < -0.39 is 44.3 Å². The number of carbonyl (C=O) groups is 3. The van der Waals surface area contributed by atoms with E-state index in [1.807, 2.05) is 57.2 Å². The topological polar surface area (TPSA) is 144 Å². The lowest BCUT2D eigenvalue weighted by Gasteiger charge is -2.27. The molecule has 12 heteroatoms. The van der Waals surface area contributed by atoms with Crippen LogP contribution >= 0.6 is 0 Å². The molecule has 1 saturated heterocycles. The van der Waals surface area contributed by atoms with Gasteiger partial charge in [0.05, 0.1) is 18.4 Å². The molecular weight excluding hydrogens is 596 g/mol. The number of sulfonamides is 1. The molecule has 2 aromatic rings. The summed E-state index contributed by atoms with van der Waals surface area (Å²) in [5.41, 5.74) is -1.42. The van der Waals surface area contributed by atoms with Crippen LogP contribution in [0, 0.1) is 11.8 Å². The summed E-state index contributed by atoms with van der Waals surface area (Å²) in [5, 5.41) is 4.54. The van der Waals surface area contributed by atoms with E-state index in [0.717, 1.165) is 17.2 Å². The van der Waals surface area contributed by atoms with Crippen LogP contribution in [0.3, 0.4) is 0 Å². The number of methoxy groups -OCH3 is 1. The van der Waals surface area contributed by atoms with Crippen LogP contribution < -0.4 is 19.5 Å². The number of pyridine rings is 1. The Morgan fingerprint density at radius 2 is 1.93 bits per heavy atom. The minimum absolute atomic E-state index is 0.0681. The number of hydrogen-bond acceptors (Lipinski definition) is 8. The van der Waals surface area contributed by atoms with E-state index in [2.05, 4.69) is 15.0 Å². The second-order valence-electron chi connectivity index (χ2n) is 12.9. The zero-order chi connectivity index (χ0) is 32.6. The van der Waals surface area contributed by atoms with Gasteiger partial charge in [0, 0.05) is 30.3 Å². The van der Waals surface area contributed by atoms with Crippen molar-refractivity contribution in [2.24, 2.45) is 11.8 Å². The van der Waals surface area contributed by atoms with Crippen molar-refractivity contribution in [3.05, 3.63) is 42.6 Å². The smallest absolute Gasteiger partial charge is 0.259 e. The summed E-state index contributed by atoms with van der Waals surface area (Å²) in [4.78, 5) is 47.0. The van der Waals surface area contributed by atoms with Crippen LogP contribution in [0.5, 0.6) is 11.6 Å². The molecule has 2 aliphatic carbocycles. The Bertz CT molecular complexity index is 1600. The van der Waals surface area contributed by atoms with Crippen molar-refractivity contribution in [1.82, 2.24) is 19.9 Å². The Hall–Kier alpha value is -3.67. The Kier molecular flexibility index (Phi) is 9.17. The molecule has 0 bridgehead atoms. The Labute approximate surface area is 265 Å². The van der Waals surface area contributed by atoms with E-state index in [1.165, 1.54) is 4.90 Å². The molecule has 0 radical (unpaired) electrons. The highest BCUT2D eigenvalue weighted by atomic mass is 32.2. The lowest BCUT2D eigenvalue weighted by atomic mass is 10.1. The number of allylic oxidation sites excluding steroid dienone is 1. The number of fused-ring (bicyclic) bond motifs is 1. The molecule has 3 fully saturated rings. The average molecular weight is 641 g/mol. The highest BCUT2D eigenvalue weighted by molar-refractivity contribution is 7.91. The van der Waals surface area contributed by atoms with Crippen LogP contribution in [-0.4, -0.2) is 72.1 Å². The van der Waals surface area contributed by atoms with Gasteiger partial charge in [0.15, 0.2) is 0 Å². The molecule has 0 spiro atoms. The first-order valence-corrected chi connectivity index (χ1v) is 17.3. The number of ether oxygens (including phenoxy) is 2. The predicted octanol–water partition coefficient (Wildman–Crippen LogP) is 3.87. The van der Waals surface area contributed by atoms with Crippen LogP contribution in [0.1, 0.15) is 72.6 Å². The molecule has 1 aliphatic heterocycles. The minimum atomic E-state index is -3.92. The fraction of sp³-hybridized carbons (Fsp3) is 0.576. The van der Waals surface area contributed by atoms with Crippen molar-refractivity contribution in [2.75, 3.05) is 13.7 Å². The van der Waals surface area contributed by atoms with Crippen molar-refractivity contribution >= 4 is 38.5 Å². The first-order valence-electron chi connectivity index (χ1n) is 15.8. The van der Waals surface area contributed by atoms with Crippen molar-refractivity contribution in [3.8, 4) is 11.6 Å². The Morgan fingerprint density at radius 1 is 1.18 bits per heavy atom. The molecule has 2 heterocycles. The number of hydrogen-bond donors (Lipinski definition) is 2. The lowest BCUT2D eigenvalue weighted by Crippen LogP contribution is -2.57. The zero-order valence-electron chi connectivity index (χ0n) is 26.7. The van der Waals surface area contributed by atoms with Gasteiger partial charge in [-0.1, -0.05) is 39.8 Å². The van der Waals surface area contributed by atoms with Crippen molar-refractivity contribution in [1.29, 1.82) is 0 Å². The van der Waals surface area contributed by atoms with Gasteiger partial charge in [-0.25, -0.2) is 13.4 Å². The van der Waals surface area contributed by atoms with E-state index in [0.29, 0.717) is 30.9 Å². The molecule has 1 aromatic heterocycles. The van der Waals surface area contributed by atoms with Gasteiger partial charge in [0.25, 0.3) is 5.91 Å². The van der Waals surface area contributed by atoms with Gasteiger partial charge in [-0.2, -0.15) is 0 Å². The fourth-order valence-corrected chi connectivity index (χ4v) is 7.90. The van der Waals surface area contributed by atoms with E-state index in [1.54, 1.807) is 20.2 Å². The normalized spacial score (nSPS) is 25.4. The number of carbonyl (C=O) groups excluding carboxylic acids is 3. The SMILES string of the molecule is CC/C=C\[C@@H]1C[C@]1(NC(=O)[C@@H]1C[C@@H](Oc2nccc3cc(OC)ccc23)CN1C(=O)CC(C)C)C(=O)NS(=O)(=O)C1(CC)CC1. The van der Waals surface area contributed by atoms with Gasteiger partial charge in [-0.3, -0.25) is 19.1 Å². The van der Waals surface area contributed by atoms with E-state index in [4.69, 9.17) is 9.47 Å². The summed E-state index contributed by atoms with van der Waals surface area (Å²) in [7, 11) is -2.32. The molecular formula is C33H44N4O7S. The standard InChI is InChI=1S/C33H44N4O7S/c1-6-8-9-23-19-33(23,31(40)36-45(41,42)32(7-2)13-14-32)35-29(39)27-18-25(20-37(27)28(38)16-21(3)4)44-30-26-11-10-24(43-5)17-22(26)12-15-34-30/h8-12,15,17,21,23,25,27H,6-7,13-14,16,18-20H2,1-5H3,(H,35,39)(H,36,40)/b9-8-/t23-,25-,27+,33-/m1/s1. The molecule has 4 atom stereocenters. The van der Waals surface area contributed by atoms with Crippen LogP contribution in [0.4, 0.5) is 0 Å². The molecule has 0 unspecified atom stereocenters. The second-order valence-corrected chi connectivity index (χ2v) is 15.0. The first kappa shape index (κ1) is 32.7. The number of benzene rings is 1. The van der Waals surface area contributed by atoms with E-state index in [9.17, 15) is 22.8 Å². The van der Waals surface area contributed by atoms with Crippen molar-refractivity contribution in [3.63, 3.8) is 0 Å². The van der Waals surface area contributed by atoms with Gasteiger partial charge < -0.3 is 19.7 Å². The van der Waals surface area contributed by atoms with Crippen LogP contribution in [0.2, 0.25) is 0 Å². The Morgan fingerprint density at radius 3 is 2.58 bits per heavy atom. The molecule has 3 amide bonds. The van der Waals surface area contributed by atoms with E-state index in [-0.39, 0.29) is 43.6 Å². The second kappa shape index (κ2) is 12.6. The maximum Gasteiger partial charge on any atom is 0.259 e. The summed E-state index contributed by atoms with van der Waals surface area (Å²) in [6.07, 6.45) is 7.69. The number of amides is 3. The van der Waals surface area contributed by atoms with Crippen LogP contribution in [0.15, 0.2) is 42.6 Å². The summed E-state index contributed by atoms with van der Waals surface area (Å²) in [6.45, 7) is 7.79. The first-order chi connectivity index (χ1) is 21.4. The predicted molar refractivity (Wildman–Crippen MR) is 170 cm³/mol. The molecule has 3 aliphatic rings.